The molecule has 1 aromatic carbocycles. The molecule has 2 heterocycles. The van der Waals surface area contributed by atoms with Crippen LogP contribution in [0.15, 0.2) is 47.5 Å². The molecule has 0 unspecified atom stereocenters. The fraction of sp³-hybridized carbons (Fsp3) is 0.409. The maximum absolute atomic E-state index is 13.1. The summed E-state index contributed by atoms with van der Waals surface area (Å²) in [6, 6.07) is 9.58. The molecule has 1 saturated heterocycles. The Morgan fingerprint density at radius 2 is 1.88 bits per heavy atom. The normalized spacial score (nSPS) is 15.2. The van der Waals surface area contributed by atoms with Crippen molar-refractivity contribution < 1.29 is 27.5 Å². The van der Waals surface area contributed by atoms with Crippen LogP contribution in [0.1, 0.15) is 35.7 Å². The molecular weight excluding hydrogens is 434 g/mol. The van der Waals surface area contributed by atoms with Crippen molar-refractivity contribution in [1.82, 2.24) is 14.6 Å². The highest BCUT2D eigenvalue weighted by Crippen LogP contribution is 2.26. The summed E-state index contributed by atoms with van der Waals surface area (Å²) in [6.45, 7) is 3.00. The van der Waals surface area contributed by atoms with Gasteiger partial charge in [0.25, 0.3) is 0 Å². The van der Waals surface area contributed by atoms with Gasteiger partial charge in [0, 0.05) is 37.3 Å². The predicted octanol–water partition coefficient (Wildman–Crippen LogP) is 1.98. The van der Waals surface area contributed by atoms with Crippen LogP contribution in [-0.4, -0.2) is 56.4 Å². The number of nitrogens with one attached hydrogen (secondary N) is 1. The first kappa shape index (κ1) is 23.7. The van der Waals surface area contributed by atoms with Crippen molar-refractivity contribution in [1.29, 1.82) is 0 Å². The van der Waals surface area contributed by atoms with Crippen molar-refractivity contribution in [3.8, 4) is 5.88 Å². The molecule has 10 heteroatoms. The molecule has 1 amide bonds. The van der Waals surface area contributed by atoms with E-state index in [0.717, 1.165) is 5.56 Å². The van der Waals surface area contributed by atoms with Crippen LogP contribution in [0.3, 0.4) is 0 Å². The maximum atomic E-state index is 13.1. The molecule has 9 nitrogen and oxygen atoms in total. The molecule has 1 aromatic heterocycles. The Kier molecular flexibility index (Phi) is 7.81. The molecule has 172 valence electrons. The smallest absolute Gasteiger partial charge is 0.339 e. The molecule has 0 radical (unpaired) electrons. The van der Waals surface area contributed by atoms with E-state index in [2.05, 4.69) is 10.3 Å². The molecule has 1 aliphatic heterocycles. The topological polar surface area (TPSA) is 115 Å². The highest BCUT2D eigenvalue weighted by Gasteiger charge is 2.34. The second-order valence-electron chi connectivity index (χ2n) is 7.28. The number of methoxy groups -OCH3 is 1. The van der Waals surface area contributed by atoms with Gasteiger partial charge < -0.3 is 14.8 Å². The minimum Gasteiger partial charge on any atom is -0.478 e. The first-order valence-corrected chi connectivity index (χ1v) is 11.8. The van der Waals surface area contributed by atoms with Crippen molar-refractivity contribution in [2.75, 3.05) is 26.8 Å². The van der Waals surface area contributed by atoms with Crippen LogP contribution < -0.4 is 10.1 Å². The van der Waals surface area contributed by atoms with Crippen molar-refractivity contribution in [3.63, 3.8) is 0 Å². The van der Waals surface area contributed by atoms with Crippen LogP contribution in [0, 0.1) is 5.92 Å². The summed E-state index contributed by atoms with van der Waals surface area (Å²) in [6.07, 6.45) is 2.40. The van der Waals surface area contributed by atoms with E-state index in [9.17, 15) is 18.0 Å². The number of sulfonamides is 1. The van der Waals surface area contributed by atoms with E-state index in [1.54, 1.807) is 24.4 Å². The van der Waals surface area contributed by atoms with Gasteiger partial charge in [-0.2, -0.15) is 4.31 Å². The van der Waals surface area contributed by atoms with E-state index in [0.29, 0.717) is 25.3 Å². The quantitative estimate of drug-likeness (QED) is 0.598. The third-order valence-electron chi connectivity index (χ3n) is 5.32. The minimum atomic E-state index is -3.89. The minimum absolute atomic E-state index is 0.00330. The monoisotopic (exact) mass is 461 g/mol. The van der Waals surface area contributed by atoms with E-state index in [4.69, 9.17) is 9.47 Å². The van der Waals surface area contributed by atoms with Crippen molar-refractivity contribution >= 4 is 21.9 Å². The summed E-state index contributed by atoms with van der Waals surface area (Å²) in [5, 5.41) is 2.90. The largest absolute Gasteiger partial charge is 0.478 e. The van der Waals surface area contributed by atoms with Gasteiger partial charge in [-0.05, 0) is 38.0 Å². The van der Waals surface area contributed by atoms with Crippen LogP contribution >= 0.6 is 0 Å². The average Bonchev–Trinajstić information content (AvgIpc) is 2.83. The second kappa shape index (κ2) is 10.6. The lowest BCUT2D eigenvalue weighted by atomic mass is 9.97. The van der Waals surface area contributed by atoms with Gasteiger partial charge in [0.1, 0.15) is 0 Å². The zero-order valence-electron chi connectivity index (χ0n) is 18.1. The molecule has 0 saturated carbocycles. The van der Waals surface area contributed by atoms with Crippen LogP contribution in [0.2, 0.25) is 0 Å². The van der Waals surface area contributed by atoms with E-state index in [1.165, 1.54) is 23.5 Å². The Hall–Kier alpha value is -2.98. The highest BCUT2D eigenvalue weighted by molar-refractivity contribution is 7.89. The summed E-state index contributed by atoms with van der Waals surface area (Å²) in [5.74, 6) is -0.659. The van der Waals surface area contributed by atoms with Gasteiger partial charge in [0.2, 0.25) is 21.8 Å². The summed E-state index contributed by atoms with van der Waals surface area (Å²) in [7, 11) is -2.68. The lowest BCUT2D eigenvalue weighted by Gasteiger charge is -2.31. The summed E-state index contributed by atoms with van der Waals surface area (Å²) in [4.78, 5) is 28.7. The average molecular weight is 462 g/mol. The number of carbonyl (C=O) groups is 2. The number of amides is 1. The Balaban J connectivity index is 1.62. The number of pyridine rings is 1. The number of benzene rings is 1. The van der Waals surface area contributed by atoms with Gasteiger partial charge in [0.05, 0.1) is 24.2 Å². The highest BCUT2D eigenvalue weighted by atomic mass is 32.2. The summed E-state index contributed by atoms with van der Waals surface area (Å²) in [5.41, 5.74) is 0.776. The molecule has 3 rings (SSSR count). The number of ether oxygens (including phenoxy) is 2. The number of hydrogen-bond donors (Lipinski definition) is 1. The molecule has 1 N–H and O–H groups in total. The van der Waals surface area contributed by atoms with Gasteiger partial charge >= 0.3 is 5.97 Å². The van der Waals surface area contributed by atoms with E-state index in [1.807, 2.05) is 13.0 Å². The molecule has 0 bridgehead atoms. The van der Waals surface area contributed by atoms with Crippen molar-refractivity contribution in [2.24, 2.45) is 5.92 Å². The summed E-state index contributed by atoms with van der Waals surface area (Å²) < 4.78 is 37.7. The van der Waals surface area contributed by atoms with Crippen LogP contribution in [0.25, 0.3) is 0 Å². The summed E-state index contributed by atoms with van der Waals surface area (Å²) >= 11 is 0. The fourth-order valence-corrected chi connectivity index (χ4v) is 5.27. The lowest BCUT2D eigenvalue weighted by Crippen LogP contribution is -2.43. The fourth-order valence-electron chi connectivity index (χ4n) is 3.62. The number of hydrogen-bond acceptors (Lipinski definition) is 7. The van der Waals surface area contributed by atoms with Gasteiger partial charge in [0.15, 0.2) is 0 Å². The maximum Gasteiger partial charge on any atom is 0.339 e. The second-order valence-corrected chi connectivity index (χ2v) is 9.19. The van der Waals surface area contributed by atoms with Gasteiger partial charge in [-0.1, -0.05) is 18.2 Å². The number of aromatic nitrogens is 1. The molecular formula is C22H27N3O6S. The first-order chi connectivity index (χ1) is 15.4. The van der Waals surface area contributed by atoms with Crippen LogP contribution in [0.5, 0.6) is 5.88 Å². The Bertz CT molecular complexity index is 1060. The Labute approximate surface area is 187 Å². The van der Waals surface area contributed by atoms with E-state index < -0.39 is 16.0 Å². The standard InChI is InChI=1S/C22H27N3O6S/c1-3-31-21-17(7-6-12-23-21)15-24-20(26)16-10-13-25(14-11-16)32(28,29)19-9-5-4-8-18(19)22(27)30-2/h4-9,12,16H,3,10-11,13-15H2,1-2H3,(H,24,26). The Morgan fingerprint density at radius 3 is 2.56 bits per heavy atom. The molecule has 1 fully saturated rings. The zero-order chi connectivity index (χ0) is 23.1. The first-order valence-electron chi connectivity index (χ1n) is 10.4. The number of nitrogens with zero attached hydrogens (tertiary/aromatic N) is 2. The van der Waals surface area contributed by atoms with Gasteiger partial charge in [-0.15, -0.1) is 0 Å². The van der Waals surface area contributed by atoms with Gasteiger partial charge in [-0.3, -0.25) is 4.79 Å². The lowest BCUT2D eigenvalue weighted by molar-refractivity contribution is -0.126. The van der Waals surface area contributed by atoms with E-state index >= 15 is 0 Å². The van der Waals surface area contributed by atoms with Crippen LogP contribution in [-0.2, 0) is 26.1 Å². The molecule has 1 aliphatic rings. The Morgan fingerprint density at radius 1 is 1.16 bits per heavy atom. The third-order valence-corrected chi connectivity index (χ3v) is 7.28. The molecule has 0 spiro atoms. The number of carbonyl (C=O) groups excluding carboxylic acids is 2. The van der Waals surface area contributed by atoms with Crippen LogP contribution in [0.4, 0.5) is 0 Å². The van der Waals surface area contributed by atoms with Crippen molar-refractivity contribution in [2.45, 2.75) is 31.2 Å². The predicted molar refractivity (Wildman–Crippen MR) is 117 cm³/mol. The van der Waals surface area contributed by atoms with Crippen molar-refractivity contribution in [3.05, 3.63) is 53.7 Å². The third kappa shape index (κ3) is 5.25. The SMILES string of the molecule is CCOc1ncccc1CNC(=O)C1CCN(S(=O)(=O)c2ccccc2C(=O)OC)CC1. The number of rotatable bonds is 8. The van der Waals surface area contributed by atoms with Gasteiger partial charge in [-0.25, -0.2) is 18.2 Å². The molecule has 32 heavy (non-hydrogen) atoms. The number of esters is 1. The zero-order valence-corrected chi connectivity index (χ0v) is 18.9. The number of piperidine rings is 1. The molecule has 0 atom stereocenters. The molecule has 2 aromatic rings. The van der Waals surface area contributed by atoms with E-state index in [-0.39, 0.29) is 41.9 Å². The molecule has 0 aliphatic carbocycles.